The topological polar surface area (TPSA) is 59.0 Å². The summed E-state index contributed by atoms with van der Waals surface area (Å²) in [4.78, 5) is 13.1. The number of nitrogens with zero attached hydrogens (tertiary/aromatic N) is 1. The van der Waals surface area contributed by atoms with Crippen LogP contribution in [0.15, 0.2) is 0 Å². The van der Waals surface area contributed by atoms with Crippen LogP contribution in [0.25, 0.3) is 0 Å². The molecule has 2 heterocycles. The van der Waals surface area contributed by atoms with Gasteiger partial charge in [-0.3, -0.25) is 9.69 Å². The van der Waals surface area contributed by atoms with Crippen LogP contribution in [0.1, 0.15) is 39.5 Å². The molecule has 2 aliphatic rings. The van der Waals surface area contributed by atoms with E-state index in [1.54, 1.807) is 0 Å². The SMILES string of the molecule is CC(C)N1CCCCC1C1OCC(CC(=O)O)O1. The van der Waals surface area contributed by atoms with Gasteiger partial charge in [-0.15, -0.1) is 0 Å². The summed E-state index contributed by atoms with van der Waals surface area (Å²) in [6.07, 6.45) is 2.98. The molecule has 0 saturated carbocycles. The zero-order valence-electron chi connectivity index (χ0n) is 11.2. The monoisotopic (exact) mass is 257 g/mol. The quantitative estimate of drug-likeness (QED) is 0.826. The van der Waals surface area contributed by atoms with E-state index in [1.165, 1.54) is 12.8 Å². The number of carboxylic acids is 1. The molecule has 2 aliphatic heterocycles. The summed E-state index contributed by atoms with van der Waals surface area (Å²) in [5.74, 6) is -0.825. The Morgan fingerprint density at radius 2 is 2.22 bits per heavy atom. The molecule has 0 aromatic rings. The largest absolute Gasteiger partial charge is 0.481 e. The van der Waals surface area contributed by atoms with Gasteiger partial charge in [0, 0.05) is 6.04 Å². The maximum Gasteiger partial charge on any atom is 0.306 e. The van der Waals surface area contributed by atoms with Crippen molar-refractivity contribution in [1.29, 1.82) is 0 Å². The van der Waals surface area contributed by atoms with Gasteiger partial charge in [-0.05, 0) is 33.2 Å². The minimum atomic E-state index is -0.825. The summed E-state index contributed by atoms with van der Waals surface area (Å²) in [6, 6.07) is 0.749. The molecule has 5 heteroatoms. The molecule has 0 radical (unpaired) electrons. The van der Waals surface area contributed by atoms with Crippen molar-refractivity contribution in [3.8, 4) is 0 Å². The van der Waals surface area contributed by atoms with E-state index in [2.05, 4.69) is 18.7 Å². The highest BCUT2D eigenvalue weighted by Crippen LogP contribution is 2.28. The second kappa shape index (κ2) is 5.99. The van der Waals surface area contributed by atoms with Crippen molar-refractivity contribution in [3.63, 3.8) is 0 Å². The predicted molar refractivity (Wildman–Crippen MR) is 66.3 cm³/mol. The van der Waals surface area contributed by atoms with Gasteiger partial charge in [0.05, 0.1) is 25.2 Å². The van der Waals surface area contributed by atoms with Crippen LogP contribution < -0.4 is 0 Å². The fourth-order valence-corrected chi connectivity index (χ4v) is 2.89. The number of piperidine rings is 1. The van der Waals surface area contributed by atoms with Gasteiger partial charge in [-0.25, -0.2) is 0 Å². The molecule has 3 unspecified atom stereocenters. The molecule has 104 valence electrons. The Balaban J connectivity index is 1.92. The molecule has 2 fully saturated rings. The zero-order chi connectivity index (χ0) is 13.1. The minimum absolute atomic E-state index is 0.0326. The fourth-order valence-electron chi connectivity index (χ4n) is 2.89. The first-order valence-corrected chi connectivity index (χ1v) is 6.82. The standard InChI is InChI=1S/C13H23NO4/c1-9(2)14-6-4-3-5-11(14)13-17-8-10(18-13)7-12(15)16/h9-11,13H,3-8H2,1-2H3,(H,15,16). The van der Waals surface area contributed by atoms with Crippen LogP contribution in [0.5, 0.6) is 0 Å². The molecule has 3 atom stereocenters. The summed E-state index contributed by atoms with van der Waals surface area (Å²) in [5.41, 5.74) is 0. The lowest BCUT2D eigenvalue weighted by Crippen LogP contribution is -2.50. The highest BCUT2D eigenvalue weighted by Gasteiger charge is 2.38. The number of hydrogen-bond acceptors (Lipinski definition) is 4. The van der Waals surface area contributed by atoms with Gasteiger partial charge < -0.3 is 14.6 Å². The average Bonchev–Trinajstić information content (AvgIpc) is 2.76. The molecule has 0 aromatic heterocycles. The smallest absolute Gasteiger partial charge is 0.306 e. The maximum absolute atomic E-state index is 10.7. The molecule has 0 spiro atoms. The zero-order valence-corrected chi connectivity index (χ0v) is 11.2. The van der Waals surface area contributed by atoms with Gasteiger partial charge in [-0.2, -0.15) is 0 Å². The molecule has 0 bridgehead atoms. The number of rotatable bonds is 4. The Hall–Kier alpha value is -0.650. The van der Waals surface area contributed by atoms with Gasteiger partial charge in [0.2, 0.25) is 0 Å². The van der Waals surface area contributed by atoms with Crippen molar-refractivity contribution in [1.82, 2.24) is 4.90 Å². The van der Waals surface area contributed by atoms with Crippen LogP contribution in [-0.2, 0) is 14.3 Å². The van der Waals surface area contributed by atoms with E-state index in [0.29, 0.717) is 12.6 Å². The van der Waals surface area contributed by atoms with Gasteiger partial charge >= 0.3 is 5.97 Å². The van der Waals surface area contributed by atoms with Crippen LogP contribution in [0, 0.1) is 0 Å². The van der Waals surface area contributed by atoms with E-state index in [1.807, 2.05) is 0 Å². The van der Waals surface area contributed by atoms with Crippen molar-refractivity contribution in [2.24, 2.45) is 0 Å². The van der Waals surface area contributed by atoms with Crippen molar-refractivity contribution in [2.45, 2.75) is 64.0 Å². The van der Waals surface area contributed by atoms with E-state index < -0.39 is 5.97 Å². The highest BCUT2D eigenvalue weighted by molar-refractivity contribution is 5.67. The molecular weight excluding hydrogens is 234 g/mol. The number of likely N-dealkylation sites (tertiary alicyclic amines) is 1. The summed E-state index contributed by atoms with van der Waals surface area (Å²) in [5, 5.41) is 8.76. The average molecular weight is 257 g/mol. The second-order valence-electron chi connectivity index (χ2n) is 5.45. The molecule has 0 aliphatic carbocycles. The first-order valence-electron chi connectivity index (χ1n) is 6.82. The number of aliphatic carboxylic acids is 1. The van der Waals surface area contributed by atoms with Crippen molar-refractivity contribution >= 4 is 5.97 Å². The molecule has 18 heavy (non-hydrogen) atoms. The molecule has 2 saturated heterocycles. The Bertz CT molecular complexity index is 295. The molecular formula is C13H23NO4. The molecule has 0 aromatic carbocycles. The minimum Gasteiger partial charge on any atom is -0.481 e. The molecule has 0 amide bonds. The van der Waals surface area contributed by atoms with Gasteiger partial charge in [-0.1, -0.05) is 6.42 Å². The van der Waals surface area contributed by atoms with E-state index in [4.69, 9.17) is 14.6 Å². The van der Waals surface area contributed by atoms with E-state index >= 15 is 0 Å². The highest BCUT2D eigenvalue weighted by atomic mass is 16.7. The van der Waals surface area contributed by atoms with Gasteiger partial charge in [0.25, 0.3) is 0 Å². The summed E-state index contributed by atoms with van der Waals surface area (Å²) >= 11 is 0. The third-order valence-electron chi connectivity index (χ3n) is 3.74. The van der Waals surface area contributed by atoms with Crippen LogP contribution in [0.2, 0.25) is 0 Å². The van der Waals surface area contributed by atoms with Crippen LogP contribution in [0.3, 0.4) is 0 Å². The Kier molecular flexibility index (Phi) is 4.59. The van der Waals surface area contributed by atoms with Gasteiger partial charge in [0.15, 0.2) is 6.29 Å². The maximum atomic E-state index is 10.7. The van der Waals surface area contributed by atoms with Crippen LogP contribution >= 0.6 is 0 Å². The number of carboxylic acid groups (broad SMARTS) is 1. The van der Waals surface area contributed by atoms with Crippen molar-refractivity contribution < 1.29 is 19.4 Å². The summed E-state index contributed by atoms with van der Waals surface area (Å²) < 4.78 is 11.4. The summed E-state index contributed by atoms with van der Waals surface area (Å²) in [7, 11) is 0. The van der Waals surface area contributed by atoms with E-state index in [0.717, 1.165) is 13.0 Å². The van der Waals surface area contributed by atoms with Gasteiger partial charge in [0.1, 0.15) is 0 Å². The lowest BCUT2D eigenvalue weighted by molar-refractivity contribution is -0.144. The molecule has 2 rings (SSSR count). The van der Waals surface area contributed by atoms with Crippen molar-refractivity contribution in [3.05, 3.63) is 0 Å². The van der Waals surface area contributed by atoms with Crippen LogP contribution in [0.4, 0.5) is 0 Å². The first kappa shape index (κ1) is 13.8. The lowest BCUT2D eigenvalue weighted by atomic mass is 10.00. The first-order chi connectivity index (χ1) is 8.58. The van der Waals surface area contributed by atoms with E-state index in [-0.39, 0.29) is 24.9 Å². The number of carbonyl (C=O) groups is 1. The molecule has 1 N–H and O–H groups in total. The lowest BCUT2D eigenvalue weighted by Gasteiger charge is -2.40. The normalized spacial score (nSPS) is 34.1. The predicted octanol–water partition coefficient (Wildman–Crippen LogP) is 1.47. The Morgan fingerprint density at radius 3 is 2.89 bits per heavy atom. The Labute approximate surface area is 108 Å². The third-order valence-corrected chi connectivity index (χ3v) is 3.74. The fraction of sp³-hybridized carbons (Fsp3) is 0.923. The summed E-state index contributed by atoms with van der Waals surface area (Å²) in [6.45, 7) is 5.85. The van der Waals surface area contributed by atoms with Crippen molar-refractivity contribution in [2.75, 3.05) is 13.2 Å². The van der Waals surface area contributed by atoms with E-state index in [9.17, 15) is 4.79 Å². The Morgan fingerprint density at radius 1 is 1.44 bits per heavy atom. The number of ether oxygens (including phenoxy) is 2. The number of hydrogen-bond donors (Lipinski definition) is 1. The third kappa shape index (κ3) is 3.22. The molecule has 5 nitrogen and oxygen atoms in total. The second-order valence-corrected chi connectivity index (χ2v) is 5.45. The van der Waals surface area contributed by atoms with Crippen LogP contribution in [-0.4, -0.2) is 53.6 Å².